The fourth-order valence-corrected chi connectivity index (χ4v) is 3.98. The van der Waals surface area contributed by atoms with E-state index in [-0.39, 0.29) is 18.1 Å². The molecule has 1 amide bonds. The summed E-state index contributed by atoms with van der Waals surface area (Å²) in [5, 5.41) is 5.52. The van der Waals surface area contributed by atoms with Crippen molar-refractivity contribution in [3.05, 3.63) is 22.4 Å². The quantitative estimate of drug-likeness (QED) is 0.897. The molecule has 1 aliphatic carbocycles. The molecule has 0 spiro atoms. The zero-order valence-electron chi connectivity index (χ0n) is 11.7. The van der Waals surface area contributed by atoms with Crippen molar-refractivity contribution in [2.45, 2.75) is 51.7 Å². The third-order valence-corrected chi connectivity index (χ3v) is 5.35. The van der Waals surface area contributed by atoms with Gasteiger partial charge in [0.2, 0.25) is 5.91 Å². The molecule has 2 atom stereocenters. The summed E-state index contributed by atoms with van der Waals surface area (Å²) >= 11 is 1.73. The number of carbonyl (C=O) groups excluding carboxylic acids is 1. The minimum atomic E-state index is -0.0514. The molecular formula is C15H22N2OS. The molecule has 2 aliphatic rings. The minimum absolute atomic E-state index is 0.0514. The van der Waals surface area contributed by atoms with Gasteiger partial charge in [0.1, 0.15) is 6.17 Å². The van der Waals surface area contributed by atoms with Gasteiger partial charge in [-0.1, -0.05) is 19.4 Å². The summed E-state index contributed by atoms with van der Waals surface area (Å²) in [5.41, 5.74) is 0.422. The van der Waals surface area contributed by atoms with Crippen LogP contribution in [0.25, 0.3) is 0 Å². The highest BCUT2D eigenvalue weighted by molar-refractivity contribution is 7.10. The van der Waals surface area contributed by atoms with Crippen LogP contribution in [0.3, 0.4) is 0 Å². The van der Waals surface area contributed by atoms with Crippen molar-refractivity contribution in [2.75, 3.05) is 6.54 Å². The van der Waals surface area contributed by atoms with Crippen molar-refractivity contribution in [1.29, 1.82) is 0 Å². The molecule has 1 saturated carbocycles. The predicted octanol–water partition coefficient (Wildman–Crippen LogP) is 3.15. The van der Waals surface area contributed by atoms with Crippen LogP contribution in [0.4, 0.5) is 0 Å². The van der Waals surface area contributed by atoms with Crippen LogP contribution in [-0.4, -0.2) is 23.4 Å². The lowest BCUT2D eigenvalue weighted by Crippen LogP contribution is -2.35. The molecule has 104 valence electrons. The second-order valence-corrected chi connectivity index (χ2v) is 7.00. The Morgan fingerprint density at radius 3 is 2.89 bits per heavy atom. The van der Waals surface area contributed by atoms with E-state index in [0.717, 1.165) is 6.54 Å². The number of amides is 1. The van der Waals surface area contributed by atoms with E-state index in [1.165, 1.54) is 30.6 Å². The lowest BCUT2D eigenvalue weighted by Gasteiger charge is -2.28. The zero-order valence-corrected chi connectivity index (χ0v) is 12.5. The van der Waals surface area contributed by atoms with Crippen molar-refractivity contribution >= 4 is 17.2 Å². The largest absolute Gasteiger partial charge is 0.320 e. The highest BCUT2D eigenvalue weighted by atomic mass is 32.1. The van der Waals surface area contributed by atoms with Gasteiger partial charge in [-0.25, -0.2) is 0 Å². The van der Waals surface area contributed by atoms with Crippen LogP contribution in [0.2, 0.25) is 0 Å². The van der Waals surface area contributed by atoms with Crippen LogP contribution >= 0.6 is 11.3 Å². The van der Waals surface area contributed by atoms with E-state index < -0.39 is 0 Å². The van der Waals surface area contributed by atoms with E-state index in [4.69, 9.17) is 0 Å². The number of nitrogens with one attached hydrogen (secondary N) is 1. The molecule has 1 aliphatic heterocycles. The molecule has 2 heterocycles. The molecule has 1 aromatic rings. The Morgan fingerprint density at radius 1 is 1.53 bits per heavy atom. The topological polar surface area (TPSA) is 32.3 Å². The maximum Gasteiger partial charge on any atom is 0.241 e. The summed E-state index contributed by atoms with van der Waals surface area (Å²) in [7, 11) is 0. The summed E-state index contributed by atoms with van der Waals surface area (Å²) in [4.78, 5) is 15.7. The second kappa shape index (κ2) is 4.91. The molecule has 3 nitrogen and oxygen atoms in total. The van der Waals surface area contributed by atoms with Crippen molar-refractivity contribution in [3.63, 3.8) is 0 Å². The summed E-state index contributed by atoms with van der Waals surface area (Å²) in [6, 6.07) is 4.14. The Bertz CT molecular complexity index is 453. The summed E-state index contributed by atoms with van der Waals surface area (Å²) in [5.74, 6) is 0.265. The number of hydrogen-bond acceptors (Lipinski definition) is 3. The zero-order chi connectivity index (χ0) is 13.5. The van der Waals surface area contributed by atoms with Gasteiger partial charge in [0.15, 0.2) is 0 Å². The molecule has 0 bridgehead atoms. The molecule has 1 N–H and O–H groups in total. The summed E-state index contributed by atoms with van der Waals surface area (Å²) in [6.07, 6.45) is 5.14. The standard InChI is InChI=1S/C15H22N2OS/c1-3-6-15(7-8-15)10-17-13(12-5-4-9-19-12)16-11(2)14(17)18/h4-5,9,11,13,16H,3,6-8,10H2,1-2H3. The molecule has 19 heavy (non-hydrogen) atoms. The molecule has 1 aromatic heterocycles. The van der Waals surface area contributed by atoms with Crippen molar-refractivity contribution in [1.82, 2.24) is 10.2 Å². The Balaban J connectivity index is 1.78. The van der Waals surface area contributed by atoms with Crippen LogP contribution in [0, 0.1) is 5.41 Å². The molecule has 4 heteroatoms. The average Bonchev–Trinajstić information content (AvgIpc) is 2.85. The summed E-state index contributed by atoms with van der Waals surface area (Å²) < 4.78 is 0. The van der Waals surface area contributed by atoms with Crippen LogP contribution in [0.1, 0.15) is 50.6 Å². The van der Waals surface area contributed by atoms with Gasteiger partial charge >= 0.3 is 0 Å². The highest BCUT2D eigenvalue weighted by Crippen LogP contribution is 2.51. The molecule has 1 saturated heterocycles. The molecular weight excluding hydrogens is 256 g/mol. The SMILES string of the molecule is CCCC1(CN2C(=O)C(C)NC2c2cccs2)CC1. The Labute approximate surface area is 119 Å². The van der Waals surface area contributed by atoms with Crippen LogP contribution in [0.15, 0.2) is 17.5 Å². The van der Waals surface area contributed by atoms with Crippen molar-refractivity contribution in [3.8, 4) is 0 Å². The lowest BCUT2D eigenvalue weighted by atomic mass is 10.00. The van der Waals surface area contributed by atoms with Gasteiger partial charge in [-0.3, -0.25) is 10.1 Å². The van der Waals surface area contributed by atoms with E-state index >= 15 is 0 Å². The van der Waals surface area contributed by atoms with Crippen molar-refractivity contribution in [2.24, 2.45) is 5.41 Å². The number of carbonyl (C=O) groups is 1. The minimum Gasteiger partial charge on any atom is -0.320 e. The van der Waals surface area contributed by atoms with Gasteiger partial charge in [-0.05, 0) is 43.0 Å². The monoisotopic (exact) mass is 278 g/mol. The normalized spacial score (nSPS) is 28.9. The average molecular weight is 278 g/mol. The van der Waals surface area contributed by atoms with E-state index in [9.17, 15) is 4.79 Å². The summed E-state index contributed by atoms with van der Waals surface area (Å²) in [6.45, 7) is 5.14. The number of nitrogens with zero attached hydrogens (tertiary/aromatic N) is 1. The molecule has 0 radical (unpaired) electrons. The third kappa shape index (κ3) is 2.43. The van der Waals surface area contributed by atoms with E-state index in [1.807, 2.05) is 6.92 Å². The second-order valence-electron chi connectivity index (χ2n) is 6.02. The Hall–Kier alpha value is -0.870. The lowest BCUT2D eigenvalue weighted by molar-refractivity contribution is -0.130. The van der Waals surface area contributed by atoms with Gasteiger partial charge < -0.3 is 4.90 Å². The van der Waals surface area contributed by atoms with Crippen LogP contribution in [-0.2, 0) is 4.79 Å². The molecule has 2 unspecified atom stereocenters. The number of thiophene rings is 1. The molecule has 3 rings (SSSR count). The van der Waals surface area contributed by atoms with Crippen LogP contribution < -0.4 is 5.32 Å². The van der Waals surface area contributed by atoms with Gasteiger partial charge in [-0.15, -0.1) is 11.3 Å². The number of hydrogen-bond donors (Lipinski definition) is 1. The Kier molecular flexibility index (Phi) is 3.39. The molecule has 2 fully saturated rings. The van der Waals surface area contributed by atoms with Gasteiger partial charge in [0.25, 0.3) is 0 Å². The first-order chi connectivity index (χ1) is 9.15. The first kappa shape index (κ1) is 13.1. The maximum absolute atomic E-state index is 12.4. The first-order valence-electron chi connectivity index (χ1n) is 7.25. The fraction of sp³-hybridized carbons (Fsp3) is 0.667. The number of rotatable bonds is 5. The molecule has 0 aromatic carbocycles. The van der Waals surface area contributed by atoms with E-state index in [1.54, 1.807) is 11.3 Å². The predicted molar refractivity (Wildman–Crippen MR) is 77.9 cm³/mol. The third-order valence-electron chi connectivity index (χ3n) is 4.43. The van der Waals surface area contributed by atoms with Gasteiger partial charge in [0.05, 0.1) is 6.04 Å². The fourth-order valence-electron chi connectivity index (χ4n) is 3.18. The smallest absolute Gasteiger partial charge is 0.241 e. The van der Waals surface area contributed by atoms with Crippen molar-refractivity contribution < 1.29 is 4.79 Å². The van der Waals surface area contributed by atoms with E-state index in [2.05, 4.69) is 34.7 Å². The van der Waals surface area contributed by atoms with E-state index in [0.29, 0.717) is 5.41 Å². The van der Waals surface area contributed by atoms with Gasteiger partial charge in [-0.2, -0.15) is 0 Å². The van der Waals surface area contributed by atoms with Crippen LogP contribution in [0.5, 0.6) is 0 Å². The van der Waals surface area contributed by atoms with Gasteiger partial charge in [0, 0.05) is 11.4 Å². The maximum atomic E-state index is 12.4. The first-order valence-corrected chi connectivity index (χ1v) is 8.13. The Morgan fingerprint density at radius 2 is 2.32 bits per heavy atom. The highest BCUT2D eigenvalue weighted by Gasteiger charge is 2.48.